The number of rotatable bonds is 2. The first kappa shape index (κ1) is 10.9. The lowest BCUT2D eigenvalue weighted by Gasteiger charge is -2.12. The van der Waals surface area contributed by atoms with Crippen molar-refractivity contribution in [2.24, 2.45) is 5.92 Å². The summed E-state index contributed by atoms with van der Waals surface area (Å²) < 4.78 is 0. The van der Waals surface area contributed by atoms with Gasteiger partial charge in [-0.15, -0.1) is 0 Å². The Balaban J connectivity index is 2.28. The highest BCUT2D eigenvalue weighted by Gasteiger charge is 2.06. The van der Waals surface area contributed by atoms with Crippen molar-refractivity contribution in [3.63, 3.8) is 0 Å². The van der Waals surface area contributed by atoms with Crippen molar-refractivity contribution in [2.45, 2.75) is 20.3 Å². The molecule has 1 atom stereocenters. The molecule has 2 rings (SSSR count). The second kappa shape index (κ2) is 4.48. The summed E-state index contributed by atoms with van der Waals surface area (Å²) in [5.41, 5.74) is 3.22. The van der Waals surface area contributed by atoms with Gasteiger partial charge in [-0.25, -0.2) is 0 Å². The van der Waals surface area contributed by atoms with Crippen LogP contribution in [0.4, 0.5) is 0 Å². The molecule has 0 heterocycles. The molecule has 82 valence electrons. The average molecular weight is 212 g/mol. The molecule has 0 radical (unpaired) electrons. The quantitative estimate of drug-likeness (QED) is 0.680. The van der Waals surface area contributed by atoms with E-state index in [1.54, 1.807) is 6.92 Å². The standard InChI is InChI=1S/C15H16O/c1-11-4-3-5-15(10-11)14-8-6-13(7-9-14)12(2)16/h3,5-11H,4H2,1-2H3. The molecule has 0 aliphatic heterocycles. The van der Waals surface area contributed by atoms with Crippen molar-refractivity contribution < 1.29 is 4.79 Å². The number of hydrogen-bond acceptors (Lipinski definition) is 1. The highest BCUT2D eigenvalue weighted by atomic mass is 16.1. The van der Waals surface area contributed by atoms with Gasteiger partial charge >= 0.3 is 0 Å². The summed E-state index contributed by atoms with van der Waals surface area (Å²) in [7, 11) is 0. The van der Waals surface area contributed by atoms with Crippen LogP contribution in [0.1, 0.15) is 36.2 Å². The third kappa shape index (κ3) is 2.30. The predicted octanol–water partition coefficient (Wildman–Crippen LogP) is 3.87. The van der Waals surface area contributed by atoms with Gasteiger partial charge in [-0.2, -0.15) is 0 Å². The SMILES string of the molecule is CC(=O)c1ccc(C2=CC(C)CC=C2)cc1. The summed E-state index contributed by atoms with van der Waals surface area (Å²) >= 11 is 0. The largest absolute Gasteiger partial charge is 0.295 e. The van der Waals surface area contributed by atoms with Crippen LogP contribution in [0.15, 0.2) is 42.5 Å². The first-order chi connectivity index (χ1) is 7.66. The van der Waals surface area contributed by atoms with Gasteiger partial charge in [0.05, 0.1) is 0 Å². The smallest absolute Gasteiger partial charge is 0.159 e. The molecule has 1 aromatic carbocycles. The zero-order valence-corrected chi connectivity index (χ0v) is 9.73. The Bertz CT molecular complexity index is 449. The molecule has 0 aromatic heterocycles. The molecule has 1 aromatic rings. The molecule has 1 heteroatoms. The van der Waals surface area contributed by atoms with Crippen LogP contribution in [-0.2, 0) is 0 Å². The van der Waals surface area contributed by atoms with Crippen molar-refractivity contribution >= 4 is 11.4 Å². The minimum atomic E-state index is 0.119. The number of Topliss-reactive ketones (excluding diaryl/α,β-unsaturated/α-hetero) is 1. The second-order valence-corrected chi connectivity index (χ2v) is 4.37. The lowest BCUT2D eigenvalue weighted by atomic mass is 9.93. The molecule has 0 amide bonds. The highest BCUT2D eigenvalue weighted by Crippen LogP contribution is 2.24. The van der Waals surface area contributed by atoms with E-state index in [1.165, 1.54) is 11.1 Å². The Morgan fingerprint density at radius 3 is 2.50 bits per heavy atom. The van der Waals surface area contributed by atoms with Crippen LogP contribution in [0.5, 0.6) is 0 Å². The van der Waals surface area contributed by atoms with Crippen molar-refractivity contribution in [3.05, 3.63) is 53.6 Å². The lowest BCUT2D eigenvalue weighted by Crippen LogP contribution is -1.96. The molecule has 1 nitrogen and oxygen atoms in total. The Labute approximate surface area is 96.5 Å². The topological polar surface area (TPSA) is 17.1 Å². The first-order valence-corrected chi connectivity index (χ1v) is 5.66. The fourth-order valence-electron chi connectivity index (χ4n) is 1.93. The van der Waals surface area contributed by atoms with Crippen molar-refractivity contribution in [1.29, 1.82) is 0 Å². The molecule has 0 spiro atoms. The van der Waals surface area contributed by atoms with Crippen molar-refractivity contribution in [1.82, 2.24) is 0 Å². The van der Waals surface area contributed by atoms with Gasteiger partial charge in [-0.05, 0) is 30.4 Å². The van der Waals surface area contributed by atoms with Gasteiger partial charge < -0.3 is 0 Å². The minimum Gasteiger partial charge on any atom is -0.295 e. The van der Waals surface area contributed by atoms with E-state index in [1.807, 2.05) is 24.3 Å². The van der Waals surface area contributed by atoms with E-state index in [0.29, 0.717) is 5.92 Å². The normalized spacial score (nSPS) is 19.4. The molecule has 0 fully saturated rings. The molecule has 1 aliphatic rings. The third-order valence-electron chi connectivity index (χ3n) is 2.89. The van der Waals surface area contributed by atoms with Crippen molar-refractivity contribution in [2.75, 3.05) is 0 Å². The first-order valence-electron chi connectivity index (χ1n) is 5.66. The molecule has 16 heavy (non-hydrogen) atoms. The zero-order chi connectivity index (χ0) is 11.5. The van der Waals surface area contributed by atoms with E-state index < -0.39 is 0 Å². The van der Waals surface area contributed by atoms with Crippen LogP contribution in [0, 0.1) is 5.92 Å². The summed E-state index contributed by atoms with van der Waals surface area (Å²) in [5.74, 6) is 0.723. The Hall–Kier alpha value is -1.63. The van der Waals surface area contributed by atoms with Crippen LogP contribution >= 0.6 is 0 Å². The summed E-state index contributed by atoms with van der Waals surface area (Å²) in [6.07, 6.45) is 7.76. The Morgan fingerprint density at radius 1 is 1.25 bits per heavy atom. The molecular formula is C15H16O. The summed E-state index contributed by atoms with van der Waals surface area (Å²) in [6.45, 7) is 3.81. The number of benzene rings is 1. The molecule has 0 N–H and O–H groups in total. The molecule has 0 saturated heterocycles. The van der Waals surface area contributed by atoms with Crippen LogP contribution in [0.25, 0.3) is 5.57 Å². The number of carbonyl (C=O) groups excluding carboxylic acids is 1. The van der Waals surface area contributed by atoms with Gasteiger partial charge in [0.15, 0.2) is 5.78 Å². The molecule has 0 bridgehead atoms. The summed E-state index contributed by atoms with van der Waals surface area (Å²) in [4.78, 5) is 11.2. The van der Waals surface area contributed by atoms with Gasteiger partial charge in [0, 0.05) is 5.56 Å². The van der Waals surface area contributed by atoms with E-state index >= 15 is 0 Å². The maximum Gasteiger partial charge on any atom is 0.159 e. The van der Waals surface area contributed by atoms with E-state index in [-0.39, 0.29) is 5.78 Å². The monoisotopic (exact) mass is 212 g/mol. The Kier molecular flexibility index (Phi) is 3.04. The predicted molar refractivity (Wildman–Crippen MR) is 67.3 cm³/mol. The van der Waals surface area contributed by atoms with Crippen LogP contribution in [-0.4, -0.2) is 5.78 Å². The van der Waals surface area contributed by atoms with Gasteiger partial charge in [0.25, 0.3) is 0 Å². The van der Waals surface area contributed by atoms with Gasteiger partial charge in [-0.3, -0.25) is 4.79 Å². The summed E-state index contributed by atoms with van der Waals surface area (Å²) in [6, 6.07) is 7.83. The molecule has 1 aliphatic carbocycles. The Morgan fingerprint density at radius 2 is 1.94 bits per heavy atom. The number of ketones is 1. The van der Waals surface area contributed by atoms with Gasteiger partial charge in [0.2, 0.25) is 0 Å². The van der Waals surface area contributed by atoms with Crippen molar-refractivity contribution in [3.8, 4) is 0 Å². The number of carbonyl (C=O) groups is 1. The number of allylic oxidation sites excluding steroid dienone is 4. The number of hydrogen-bond donors (Lipinski definition) is 0. The average Bonchev–Trinajstić information content (AvgIpc) is 2.29. The highest BCUT2D eigenvalue weighted by molar-refractivity contribution is 5.94. The minimum absolute atomic E-state index is 0.119. The van der Waals surface area contributed by atoms with Gasteiger partial charge in [0.1, 0.15) is 0 Å². The van der Waals surface area contributed by atoms with Gasteiger partial charge in [-0.1, -0.05) is 49.4 Å². The maximum atomic E-state index is 11.2. The van der Waals surface area contributed by atoms with Crippen LogP contribution in [0.3, 0.4) is 0 Å². The fraction of sp³-hybridized carbons (Fsp3) is 0.267. The van der Waals surface area contributed by atoms with E-state index in [2.05, 4.69) is 25.2 Å². The maximum absolute atomic E-state index is 11.2. The van der Waals surface area contributed by atoms with E-state index in [0.717, 1.165) is 12.0 Å². The second-order valence-electron chi connectivity index (χ2n) is 4.37. The van der Waals surface area contributed by atoms with Crippen LogP contribution < -0.4 is 0 Å². The molecule has 1 unspecified atom stereocenters. The zero-order valence-electron chi connectivity index (χ0n) is 9.73. The lowest BCUT2D eigenvalue weighted by molar-refractivity contribution is 0.101. The fourth-order valence-corrected chi connectivity index (χ4v) is 1.93. The molecular weight excluding hydrogens is 196 g/mol. The third-order valence-corrected chi connectivity index (χ3v) is 2.89. The van der Waals surface area contributed by atoms with E-state index in [4.69, 9.17) is 0 Å². The molecule has 0 saturated carbocycles. The summed E-state index contributed by atoms with van der Waals surface area (Å²) in [5, 5.41) is 0. The van der Waals surface area contributed by atoms with E-state index in [9.17, 15) is 4.79 Å². The van der Waals surface area contributed by atoms with Crippen LogP contribution in [0.2, 0.25) is 0 Å².